The Morgan fingerprint density at radius 3 is 2.28 bits per heavy atom. The number of anilines is 2. The maximum Gasteiger partial charge on any atom is 0.258 e. The minimum absolute atomic E-state index is 0.141. The molecule has 0 spiro atoms. The fourth-order valence-electron chi connectivity index (χ4n) is 1.77. The molecule has 0 saturated heterocycles. The topological polar surface area (TPSA) is 55.1 Å². The van der Waals surface area contributed by atoms with Gasteiger partial charge >= 0.3 is 0 Å². The fraction of sp³-hybridized carbons (Fsp3) is 0.214. The molecule has 0 bridgehead atoms. The van der Waals surface area contributed by atoms with Crippen LogP contribution in [0.2, 0.25) is 0 Å². The summed E-state index contributed by atoms with van der Waals surface area (Å²) in [5.74, 6) is -0.141. The Bertz CT molecular complexity index is 585. The number of nitrogen functional groups attached to an aromatic ring is 1. The van der Waals surface area contributed by atoms with Gasteiger partial charge in [-0.3, -0.25) is 4.79 Å². The Hall–Kier alpha value is -1.81. The number of carbonyl (C=O) groups excluding carboxylic acids is 1. The molecule has 0 aliphatic carbocycles. The second-order valence-corrected chi connectivity index (χ2v) is 5.60. The number of hydrogen-bond donors (Lipinski definition) is 2. The Balaban J connectivity index is 2.24. The SMILES string of the molecule is Cc1ccc(NC(=O)c2c(N)sc(C)c2C)cc1. The predicted molar refractivity (Wildman–Crippen MR) is 77.3 cm³/mol. The van der Waals surface area contributed by atoms with Gasteiger partial charge in [0.1, 0.15) is 0 Å². The zero-order valence-corrected chi connectivity index (χ0v) is 11.5. The number of aryl methyl sites for hydroxylation is 2. The van der Waals surface area contributed by atoms with Crippen LogP contribution in [-0.4, -0.2) is 5.91 Å². The lowest BCUT2D eigenvalue weighted by atomic mass is 10.1. The number of carbonyl (C=O) groups is 1. The van der Waals surface area contributed by atoms with Gasteiger partial charge < -0.3 is 11.1 Å². The lowest BCUT2D eigenvalue weighted by Gasteiger charge is -2.06. The smallest absolute Gasteiger partial charge is 0.258 e. The lowest BCUT2D eigenvalue weighted by Crippen LogP contribution is -2.13. The molecule has 3 nitrogen and oxygen atoms in total. The number of amides is 1. The van der Waals surface area contributed by atoms with Crippen LogP contribution < -0.4 is 11.1 Å². The summed E-state index contributed by atoms with van der Waals surface area (Å²) in [6.45, 7) is 5.90. The number of benzene rings is 1. The van der Waals surface area contributed by atoms with Crippen LogP contribution >= 0.6 is 11.3 Å². The van der Waals surface area contributed by atoms with Crippen molar-refractivity contribution in [3.63, 3.8) is 0 Å². The van der Waals surface area contributed by atoms with Crippen LogP contribution in [0.4, 0.5) is 10.7 Å². The van der Waals surface area contributed by atoms with Gasteiger partial charge in [0, 0.05) is 10.6 Å². The van der Waals surface area contributed by atoms with Gasteiger partial charge in [-0.2, -0.15) is 0 Å². The van der Waals surface area contributed by atoms with Gasteiger partial charge in [-0.1, -0.05) is 17.7 Å². The highest BCUT2D eigenvalue weighted by Crippen LogP contribution is 2.30. The molecule has 2 rings (SSSR count). The first kappa shape index (κ1) is 12.6. The maximum atomic E-state index is 12.2. The summed E-state index contributed by atoms with van der Waals surface area (Å²) in [5, 5.41) is 3.45. The van der Waals surface area contributed by atoms with E-state index in [4.69, 9.17) is 5.73 Å². The van der Waals surface area contributed by atoms with Crippen molar-refractivity contribution in [2.45, 2.75) is 20.8 Å². The fourth-order valence-corrected chi connectivity index (χ4v) is 2.70. The van der Waals surface area contributed by atoms with Crippen LogP contribution in [0.3, 0.4) is 0 Å². The van der Waals surface area contributed by atoms with Crippen molar-refractivity contribution in [3.05, 3.63) is 45.8 Å². The quantitative estimate of drug-likeness (QED) is 0.868. The summed E-state index contributed by atoms with van der Waals surface area (Å²) in [6.07, 6.45) is 0. The van der Waals surface area contributed by atoms with E-state index in [-0.39, 0.29) is 5.91 Å². The molecule has 1 aromatic heterocycles. The predicted octanol–water partition coefficient (Wildman–Crippen LogP) is 3.51. The van der Waals surface area contributed by atoms with E-state index in [1.54, 1.807) is 0 Å². The molecule has 0 aliphatic rings. The standard InChI is InChI=1S/C14H16N2OS/c1-8-4-6-11(7-5-8)16-14(17)12-9(2)10(3)18-13(12)15/h4-7H,15H2,1-3H3,(H,16,17). The van der Waals surface area contributed by atoms with Crippen LogP contribution in [0.15, 0.2) is 24.3 Å². The first-order chi connectivity index (χ1) is 8.49. The average molecular weight is 260 g/mol. The van der Waals surface area contributed by atoms with Crippen LogP contribution in [-0.2, 0) is 0 Å². The molecule has 0 unspecified atom stereocenters. The van der Waals surface area contributed by atoms with Crippen molar-refractivity contribution >= 4 is 27.9 Å². The van der Waals surface area contributed by atoms with Gasteiger partial charge in [0.2, 0.25) is 0 Å². The van der Waals surface area contributed by atoms with E-state index < -0.39 is 0 Å². The van der Waals surface area contributed by atoms with E-state index in [0.717, 1.165) is 21.7 Å². The highest BCUT2D eigenvalue weighted by atomic mass is 32.1. The van der Waals surface area contributed by atoms with Crippen LogP contribution in [0, 0.1) is 20.8 Å². The Kier molecular flexibility index (Phi) is 3.39. The summed E-state index contributed by atoms with van der Waals surface area (Å²) < 4.78 is 0. The number of thiophene rings is 1. The van der Waals surface area contributed by atoms with Crippen LogP contribution in [0.25, 0.3) is 0 Å². The van der Waals surface area contributed by atoms with E-state index in [0.29, 0.717) is 10.6 Å². The molecule has 1 aromatic carbocycles. The zero-order valence-electron chi connectivity index (χ0n) is 10.7. The normalized spacial score (nSPS) is 10.4. The van der Waals surface area contributed by atoms with Gasteiger partial charge in [-0.25, -0.2) is 0 Å². The molecule has 0 fully saturated rings. The van der Waals surface area contributed by atoms with Crippen molar-refractivity contribution in [1.82, 2.24) is 0 Å². The summed E-state index contributed by atoms with van der Waals surface area (Å²) >= 11 is 1.45. The van der Waals surface area contributed by atoms with Gasteiger partial charge in [0.05, 0.1) is 10.6 Å². The zero-order chi connectivity index (χ0) is 13.3. The number of rotatable bonds is 2. The second-order valence-electron chi connectivity index (χ2n) is 4.34. The van der Waals surface area contributed by atoms with Gasteiger partial charge in [0.15, 0.2) is 0 Å². The van der Waals surface area contributed by atoms with E-state index in [1.807, 2.05) is 45.0 Å². The largest absolute Gasteiger partial charge is 0.390 e. The Morgan fingerprint density at radius 1 is 1.17 bits per heavy atom. The molecule has 1 heterocycles. The molecule has 3 N–H and O–H groups in total. The minimum atomic E-state index is -0.141. The highest BCUT2D eigenvalue weighted by molar-refractivity contribution is 7.16. The van der Waals surface area contributed by atoms with Gasteiger partial charge in [-0.15, -0.1) is 11.3 Å². The molecule has 1 amide bonds. The monoisotopic (exact) mass is 260 g/mol. The van der Waals surface area contributed by atoms with Crippen molar-refractivity contribution in [2.75, 3.05) is 11.1 Å². The molecule has 0 aliphatic heterocycles. The third kappa shape index (κ3) is 2.38. The Morgan fingerprint density at radius 2 is 1.78 bits per heavy atom. The summed E-state index contributed by atoms with van der Waals surface area (Å²) in [5.41, 5.74) is 9.38. The number of nitrogens with two attached hydrogens (primary N) is 1. The van der Waals surface area contributed by atoms with Crippen molar-refractivity contribution in [1.29, 1.82) is 0 Å². The first-order valence-electron chi connectivity index (χ1n) is 5.72. The highest BCUT2D eigenvalue weighted by Gasteiger charge is 2.17. The third-order valence-electron chi connectivity index (χ3n) is 2.95. The molecule has 0 saturated carbocycles. The first-order valence-corrected chi connectivity index (χ1v) is 6.54. The number of nitrogens with one attached hydrogen (secondary N) is 1. The van der Waals surface area contributed by atoms with Crippen molar-refractivity contribution < 1.29 is 4.79 Å². The molecule has 18 heavy (non-hydrogen) atoms. The van der Waals surface area contributed by atoms with Gasteiger partial charge in [-0.05, 0) is 38.5 Å². The molecular formula is C14H16N2OS. The average Bonchev–Trinajstić information content (AvgIpc) is 2.56. The summed E-state index contributed by atoms with van der Waals surface area (Å²) in [6, 6.07) is 7.70. The number of hydrogen-bond acceptors (Lipinski definition) is 3. The second kappa shape index (κ2) is 4.82. The molecule has 94 valence electrons. The molecular weight excluding hydrogens is 244 g/mol. The third-order valence-corrected chi connectivity index (χ3v) is 3.99. The molecule has 0 atom stereocenters. The molecule has 0 radical (unpaired) electrons. The van der Waals surface area contributed by atoms with E-state index in [1.165, 1.54) is 11.3 Å². The van der Waals surface area contributed by atoms with E-state index in [2.05, 4.69) is 5.32 Å². The maximum absolute atomic E-state index is 12.2. The summed E-state index contributed by atoms with van der Waals surface area (Å²) in [4.78, 5) is 13.3. The Labute approximate surface area is 111 Å². The van der Waals surface area contributed by atoms with Gasteiger partial charge in [0.25, 0.3) is 5.91 Å². The minimum Gasteiger partial charge on any atom is -0.390 e. The summed E-state index contributed by atoms with van der Waals surface area (Å²) in [7, 11) is 0. The van der Waals surface area contributed by atoms with Crippen LogP contribution in [0.5, 0.6) is 0 Å². The van der Waals surface area contributed by atoms with E-state index in [9.17, 15) is 4.79 Å². The van der Waals surface area contributed by atoms with Crippen molar-refractivity contribution in [2.24, 2.45) is 0 Å². The van der Waals surface area contributed by atoms with E-state index >= 15 is 0 Å². The molecule has 4 heteroatoms. The molecule has 2 aromatic rings. The van der Waals surface area contributed by atoms with Crippen LogP contribution in [0.1, 0.15) is 26.4 Å². The lowest BCUT2D eigenvalue weighted by molar-refractivity contribution is 0.102. The van der Waals surface area contributed by atoms with Crippen molar-refractivity contribution in [3.8, 4) is 0 Å².